The van der Waals surface area contributed by atoms with Gasteiger partial charge >= 0.3 is 0 Å². The summed E-state index contributed by atoms with van der Waals surface area (Å²) in [5.41, 5.74) is 2.12. The third-order valence-corrected chi connectivity index (χ3v) is 4.63. The molecule has 0 aliphatic carbocycles. The van der Waals surface area contributed by atoms with Crippen molar-refractivity contribution in [2.75, 3.05) is 11.9 Å². The molecule has 0 saturated carbocycles. The summed E-state index contributed by atoms with van der Waals surface area (Å²) in [6.45, 7) is 1.95. The molecule has 1 aromatic carbocycles. The molecule has 27 heavy (non-hydrogen) atoms. The molecule has 4 atom stereocenters. The molecule has 0 radical (unpaired) electrons. The van der Waals surface area contributed by atoms with Crippen molar-refractivity contribution in [3.05, 3.63) is 48.0 Å². The molecule has 2 aromatic heterocycles. The van der Waals surface area contributed by atoms with Gasteiger partial charge in [-0.3, -0.25) is 4.57 Å². The van der Waals surface area contributed by atoms with Gasteiger partial charge in [-0.15, -0.1) is 0 Å². The minimum Gasteiger partial charge on any atom is -0.394 e. The summed E-state index contributed by atoms with van der Waals surface area (Å²) in [6, 6.07) is 9.91. The van der Waals surface area contributed by atoms with Gasteiger partial charge in [0.2, 0.25) is 0 Å². The fraction of sp³-hybridized carbons (Fsp3) is 0.389. The van der Waals surface area contributed by atoms with E-state index in [1.54, 1.807) is 11.5 Å². The topological polar surface area (TPSA) is 126 Å². The van der Waals surface area contributed by atoms with Gasteiger partial charge in [0.1, 0.15) is 24.1 Å². The predicted molar refractivity (Wildman–Crippen MR) is 96.8 cm³/mol. The lowest BCUT2D eigenvalue weighted by molar-refractivity contribution is -0.0511. The quantitative estimate of drug-likeness (QED) is 0.507. The smallest absolute Gasteiger partial charge is 0.167 e. The first-order valence-corrected chi connectivity index (χ1v) is 8.70. The first-order chi connectivity index (χ1) is 13.1. The second-order valence-electron chi connectivity index (χ2n) is 6.51. The van der Waals surface area contributed by atoms with Crippen molar-refractivity contribution in [3.63, 3.8) is 0 Å². The van der Waals surface area contributed by atoms with Gasteiger partial charge in [0.15, 0.2) is 23.2 Å². The van der Waals surface area contributed by atoms with Crippen LogP contribution in [-0.2, 0) is 11.3 Å². The van der Waals surface area contributed by atoms with Crippen LogP contribution in [0.25, 0.3) is 11.2 Å². The van der Waals surface area contributed by atoms with Gasteiger partial charge in [0.25, 0.3) is 0 Å². The summed E-state index contributed by atoms with van der Waals surface area (Å²) in [5, 5.41) is 32.9. The summed E-state index contributed by atoms with van der Waals surface area (Å²) in [4.78, 5) is 13.2. The third kappa shape index (κ3) is 3.26. The molecule has 1 aliphatic heterocycles. The van der Waals surface area contributed by atoms with Gasteiger partial charge in [-0.25, -0.2) is 15.0 Å². The first kappa shape index (κ1) is 17.8. The average molecular weight is 371 g/mol. The Hall–Kier alpha value is -2.59. The molecular formula is C18H21N5O4. The number of hydrogen-bond donors (Lipinski definition) is 4. The third-order valence-electron chi connectivity index (χ3n) is 4.63. The number of aliphatic hydroxyl groups is 3. The van der Waals surface area contributed by atoms with Gasteiger partial charge in [-0.1, -0.05) is 30.3 Å². The Balaban J connectivity index is 1.66. The summed E-state index contributed by atoms with van der Waals surface area (Å²) in [7, 11) is 0. The fourth-order valence-electron chi connectivity index (χ4n) is 3.23. The molecule has 1 fully saturated rings. The van der Waals surface area contributed by atoms with Crippen LogP contribution >= 0.6 is 0 Å². The zero-order chi connectivity index (χ0) is 19.0. The molecule has 0 amide bonds. The Morgan fingerprint density at radius 2 is 1.93 bits per heavy atom. The summed E-state index contributed by atoms with van der Waals surface area (Å²) in [6.07, 6.45) is -2.64. The predicted octanol–water partition coefficient (Wildman–Crippen LogP) is 0.358. The van der Waals surface area contributed by atoms with Crippen molar-refractivity contribution in [1.29, 1.82) is 0 Å². The van der Waals surface area contributed by atoms with E-state index in [9.17, 15) is 15.3 Å². The van der Waals surface area contributed by atoms with Gasteiger partial charge in [-0.2, -0.15) is 0 Å². The molecule has 9 nitrogen and oxygen atoms in total. The van der Waals surface area contributed by atoms with Gasteiger partial charge in [-0.05, 0) is 12.5 Å². The van der Waals surface area contributed by atoms with E-state index in [4.69, 9.17) is 4.74 Å². The van der Waals surface area contributed by atoms with E-state index < -0.39 is 24.5 Å². The number of aromatic nitrogens is 4. The SMILES string of the molecule is Cc1nc(NCc2ccccc2)c2ncn([C@@H]3O[C@H](CO)[C@@H](O)[C@H]3O)c2n1. The monoisotopic (exact) mass is 371 g/mol. The number of fused-ring (bicyclic) bond motifs is 1. The van der Waals surface area contributed by atoms with Crippen LogP contribution in [0.1, 0.15) is 17.6 Å². The number of benzene rings is 1. The van der Waals surface area contributed by atoms with E-state index >= 15 is 0 Å². The Kier molecular flexibility index (Phi) is 4.75. The molecule has 4 rings (SSSR count). The average Bonchev–Trinajstić information content (AvgIpc) is 3.22. The van der Waals surface area contributed by atoms with E-state index in [1.165, 1.54) is 6.33 Å². The Morgan fingerprint density at radius 3 is 2.63 bits per heavy atom. The lowest BCUT2D eigenvalue weighted by Gasteiger charge is -2.16. The van der Waals surface area contributed by atoms with Crippen LogP contribution in [0.3, 0.4) is 0 Å². The van der Waals surface area contributed by atoms with Crippen LogP contribution in [0.2, 0.25) is 0 Å². The molecular weight excluding hydrogens is 350 g/mol. The van der Waals surface area contributed by atoms with Crippen molar-refractivity contribution in [2.45, 2.75) is 38.0 Å². The van der Waals surface area contributed by atoms with Crippen molar-refractivity contribution >= 4 is 17.0 Å². The van der Waals surface area contributed by atoms with E-state index in [-0.39, 0.29) is 6.61 Å². The number of aryl methyl sites for hydroxylation is 1. The highest BCUT2D eigenvalue weighted by atomic mass is 16.6. The Bertz CT molecular complexity index is 932. The lowest BCUT2D eigenvalue weighted by Crippen LogP contribution is -2.33. The maximum Gasteiger partial charge on any atom is 0.167 e. The summed E-state index contributed by atoms with van der Waals surface area (Å²) >= 11 is 0. The number of anilines is 1. The molecule has 0 unspecified atom stereocenters. The standard InChI is InChI=1S/C18H21N5O4/c1-10-21-16(19-7-11-5-3-2-4-6-11)13-17(22-10)23(9-20-13)18-15(26)14(25)12(8-24)27-18/h2-6,9,12,14-15,18,24-26H,7-8H2,1H3,(H,19,21,22)/t12-,14-,15-,18-/m1/s1. The van der Waals surface area contributed by atoms with Crippen molar-refractivity contribution in [3.8, 4) is 0 Å². The van der Waals surface area contributed by atoms with Gasteiger partial charge < -0.3 is 25.4 Å². The van der Waals surface area contributed by atoms with E-state index in [0.29, 0.717) is 29.4 Å². The number of nitrogens with zero attached hydrogens (tertiary/aromatic N) is 4. The number of aliphatic hydroxyl groups excluding tert-OH is 3. The zero-order valence-corrected chi connectivity index (χ0v) is 14.7. The first-order valence-electron chi connectivity index (χ1n) is 8.70. The molecule has 4 N–H and O–H groups in total. The molecule has 3 heterocycles. The Labute approximate surface area is 155 Å². The van der Waals surface area contributed by atoms with Gasteiger partial charge in [0, 0.05) is 6.54 Å². The molecule has 9 heteroatoms. The second kappa shape index (κ2) is 7.20. The maximum atomic E-state index is 10.3. The van der Waals surface area contributed by atoms with Crippen LogP contribution in [0.4, 0.5) is 5.82 Å². The summed E-state index contributed by atoms with van der Waals surface area (Å²) in [5.74, 6) is 1.11. The number of hydrogen-bond acceptors (Lipinski definition) is 8. The highest BCUT2D eigenvalue weighted by Crippen LogP contribution is 2.32. The number of imidazole rings is 1. The van der Waals surface area contributed by atoms with Crippen molar-refractivity contribution < 1.29 is 20.1 Å². The van der Waals surface area contributed by atoms with Crippen LogP contribution < -0.4 is 5.32 Å². The van der Waals surface area contributed by atoms with E-state index in [1.807, 2.05) is 30.3 Å². The largest absolute Gasteiger partial charge is 0.394 e. The summed E-state index contributed by atoms with van der Waals surface area (Å²) < 4.78 is 7.15. The molecule has 142 valence electrons. The maximum absolute atomic E-state index is 10.3. The minimum absolute atomic E-state index is 0.390. The molecule has 0 spiro atoms. The van der Waals surface area contributed by atoms with Crippen molar-refractivity contribution in [1.82, 2.24) is 19.5 Å². The second-order valence-corrected chi connectivity index (χ2v) is 6.51. The number of nitrogens with one attached hydrogen (secondary N) is 1. The number of rotatable bonds is 5. The van der Waals surface area contributed by atoms with E-state index in [0.717, 1.165) is 5.56 Å². The van der Waals surface area contributed by atoms with Crippen LogP contribution in [0, 0.1) is 6.92 Å². The normalized spacial score (nSPS) is 25.2. The zero-order valence-electron chi connectivity index (χ0n) is 14.7. The molecule has 1 saturated heterocycles. The molecule has 1 aliphatic rings. The van der Waals surface area contributed by atoms with Crippen LogP contribution in [-0.4, -0.2) is 59.8 Å². The van der Waals surface area contributed by atoms with Gasteiger partial charge in [0.05, 0.1) is 12.9 Å². The van der Waals surface area contributed by atoms with E-state index in [2.05, 4.69) is 20.3 Å². The van der Waals surface area contributed by atoms with Crippen molar-refractivity contribution in [2.24, 2.45) is 0 Å². The highest BCUT2D eigenvalue weighted by molar-refractivity contribution is 5.83. The molecule has 0 bridgehead atoms. The number of ether oxygens (including phenoxy) is 1. The molecule has 3 aromatic rings. The highest BCUT2D eigenvalue weighted by Gasteiger charge is 2.44. The Morgan fingerprint density at radius 1 is 1.15 bits per heavy atom. The lowest BCUT2D eigenvalue weighted by atomic mass is 10.1. The van der Waals surface area contributed by atoms with Crippen LogP contribution in [0.15, 0.2) is 36.7 Å². The fourth-order valence-corrected chi connectivity index (χ4v) is 3.23. The minimum atomic E-state index is -1.20. The van der Waals surface area contributed by atoms with Crippen LogP contribution in [0.5, 0.6) is 0 Å².